The highest BCUT2D eigenvalue weighted by Crippen LogP contribution is 2.39. The summed E-state index contributed by atoms with van der Waals surface area (Å²) in [5.74, 6) is 3.17. The van der Waals surface area contributed by atoms with E-state index in [2.05, 4.69) is 24.0 Å². The monoisotopic (exact) mass is 291 g/mol. The molecule has 0 aliphatic rings. The molecule has 21 heavy (non-hydrogen) atoms. The van der Waals surface area contributed by atoms with Crippen LogP contribution in [0.5, 0.6) is 17.2 Å². The highest BCUT2D eigenvalue weighted by atomic mass is 16.5. The molecule has 1 aromatic heterocycles. The van der Waals surface area contributed by atoms with Crippen molar-refractivity contribution >= 4 is 0 Å². The minimum atomic E-state index is 0.492. The summed E-state index contributed by atoms with van der Waals surface area (Å²) in [7, 11) is 4.82. The van der Waals surface area contributed by atoms with Crippen molar-refractivity contribution in [2.75, 3.05) is 21.3 Å². The van der Waals surface area contributed by atoms with Crippen LogP contribution in [-0.4, -0.2) is 36.1 Å². The van der Waals surface area contributed by atoms with Crippen molar-refractivity contribution in [2.45, 2.75) is 20.4 Å². The molecule has 2 aromatic rings. The molecule has 1 heterocycles. The molecule has 0 saturated heterocycles. The highest BCUT2D eigenvalue weighted by Gasteiger charge is 2.18. The average molecular weight is 291 g/mol. The average Bonchev–Trinajstić information content (AvgIpc) is 2.92. The third-order valence-electron chi connectivity index (χ3n) is 3.12. The molecule has 6 nitrogen and oxygen atoms in total. The lowest BCUT2D eigenvalue weighted by Crippen LogP contribution is -2.06. The topological polar surface area (TPSA) is 58.4 Å². The molecule has 6 heteroatoms. The second kappa shape index (κ2) is 6.47. The molecular weight excluding hydrogens is 270 g/mol. The zero-order chi connectivity index (χ0) is 15.4. The van der Waals surface area contributed by atoms with Crippen LogP contribution in [0.25, 0.3) is 11.4 Å². The van der Waals surface area contributed by atoms with Crippen molar-refractivity contribution in [2.24, 2.45) is 5.92 Å². The molecule has 0 bridgehead atoms. The summed E-state index contributed by atoms with van der Waals surface area (Å²) in [5.41, 5.74) is 0.827. The second-order valence-electron chi connectivity index (χ2n) is 5.11. The third-order valence-corrected chi connectivity index (χ3v) is 3.12. The first-order valence-electron chi connectivity index (χ1n) is 6.78. The summed E-state index contributed by atoms with van der Waals surface area (Å²) in [6, 6.07) is 3.65. The van der Waals surface area contributed by atoms with Crippen LogP contribution in [0.15, 0.2) is 18.5 Å². The zero-order valence-electron chi connectivity index (χ0n) is 13.1. The van der Waals surface area contributed by atoms with Crippen LogP contribution < -0.4 is 14.2 Å². The fourth-order valence-corrected chi connectivity index (χ4v) is 2.19. The lowest BCUT2D eigenvalue weighted by Gasteiger charge is -2.15. The molecule has 0 aliphatic carbocycles. The zero-order valence-corrected chi connectivity index (χ0v) is 13.1. The number of methoxy groups -OCH3 is 3. The molecule has 2 rings (SSSR count). The molecule has 0 fully saturated rings. The molecule has 0 saturated carbocycles. The molecule has 0 unspecified atom stereocenters. The van der Waals surface area contributed by atoms with Crippen LogP contribution in [0.1, 0.15) is 13.8 Å². The molecule has 114 valence electrons. The van der Waals surface area contributed by atoms with Crippen LogP contribution in [0.3, 0.4) is 0 Å². The third kappa shape index (κ3) is 3.09. The van der Waals surface area contributed by atoms with Crippen molar-refractivity contribution in [1.82, 2.24) is 14.8 Å². The van der Waals surface area contributed by atoms with Gasteiger partial charge in [-0.3, -0.25) is 0 Å². The van der Waals surface area contributed by atoms with E-state index < -0.39 is 0 Å². The standard InChI is InChI=1S/C15H21N3O3/c1-10(2)8-18-9-16-17-15(18)11-6-13(20-4)14(21-5)7-12(11)19-3/h6-7,9-10H,8H2,1-5H3. The van der Waals surface area contributed by atoms with E-state index in [0.29, 0.717) is 23.2 Å². The number of aromatic nitrogens is 3. The molecule has 1 aromatic carbocycles. The highest BCUT2D eigenvalue weighted by molar-refractivity contribution is 5.69. The molecule has 0 atom stereocenters. The Bertz CT molecular complexity index is 608. The summed E-state index contributed by atoms with van der Waals surface area (Å²) in [5, 5.41) is 8.23. The smallest absolute Gasteiger partial charge is 0.167 e. The quantitative estimate of drug-likeness (QED) is 0.819. The predicted octanol–water partition coefficient (Wildman–Crippen LogP) is 2.63. The second-order valence-corrected chi connectivity index (χ2v) is 5.11. The summed E-state index contributed by atoms with van der Waals surface area (Å²) >= 11 is 0. The molecule has 0 amide bonds. The normalized spacial score (nSPS) is 10.8. The van der Waals surface area contributed by atoms with Gasteiger partial charge in [0.05, 0.1) is 26.9 Å². The van der Waals surface area contributed by atoms with Gasteiger partial charge in [-0.05, 0) is 12.0 Å². The van der Waals surface area contributed by atoms with E-state index >= 15 is 0 Å². The predicted molar refractivity (Wildman–Crippen MR) is 80.0 cm³/mol. The first-order chi connectivity index (χ1) is 10.1. The summed E-state index contributed by atoms with van der Waals surface area (Å²) < 4.78 is 18.1. The molecule has 0 aliphatic heterocycles. The van der Waals surface area contributed by atoms with Crippen LogP contribution in [0.2, 0.25) is 0 Å². The summed E-state index contributed by atoms with van der Waals surface area (Å²) in [6.45, 7) is 5.13. The van der Waals surface area contributed by atoms with Crippen LogP contribution in [-0.2, 0) is 6.54 Å². The fraction of sp³-hybridized carbons (Fsp3) is 0.467. The summed E-state index contributed by atoms with van der Waals surface area (Å²) in [6.07, 6.45) is 1.73. The van der Waals surface area contributed by atoms with Crippen molar-refractivity contribution in [3.8, 4) is 28.6 Å². The Balaban J connectivity index is 2.55. The largest absolute Gasteiger partial charge is 0.496 e. The van der Waals surface area contributed by atoms with E-state index in [-0.39, 0.29) is 0 Å². The van der Waals surface area contributed by atoms with Gasteiger partial charge in [-0.15, -0.1) is 10.2 Å². The number of hydrogen-bond acceptors (Lipinski definition) is 5. The minimum Gasteiger partial charge on any atom is -0.496 e. The van der Waals surface area contributed by atoms with E-state index in [1.54, 1.807) is 33.7 Å². The van der Waals surface area contributed by atoms with Crippen molar-refractivity contribution in [3.05, 3.63) is 18.5 Å². The lowest BCUT2D eigenvalue weighted by atomic mass is 10.1. The van der Waals surface area contributed by atoms with Gasteiger partial charge in [-0.2, -0.15) is 0 Å². The minimum absolute atomic E-state index is 0.492. The van der Waals surface area contributed by atoms with Gasteiger partial charge >= 0.3 is 0 Å². The van der Waals surface area contributed by atoms with E-state index in [0.717, 1.165) is 17.9 Å². The number of benzene rings is 1. The van der Waals surface area contributed by atoms with Crippen LogP contribution in [0.4, 0.5) is 0 Å². The van der Waals surface area contributed by atoms with Gasteiger partial charge in [-0.25, -0.2) is 0 Å². The van der Waals surface area contributed by atoms with Gasteiger partial charge in [0.25, 0.3) is 0 Å². The fourth-order valence-electron chi connectivity index (χ4n) is 2.19. The van der Waals surface area contributed by atoms with Crippen molar-refractivity contribution < 1.29 is 14.2 Å². The van der Waals surface area contributed by atoms with Crippen LogP contribution in [0, 0.1) is 5.92 Å². The maximum atomic E-state index is 5.45. The first kappa shape index (κ1) is 15.2. The van der Waals surface area contributed by atoms with E-state index in [1.165, 1.54) is 0 Å². The summed E-state index contributed by atoms with van der Waals surface area (Å²) in [4.78, 5) is 0. The van der Waals surface area contributed by atoms with Crippen LogP contribution >= 0.6 is 0 Å². The van der Waals surface area contributed by atoms with E-state index in [4.69, 9.17) is 14.2 Å². The van der Waals surface area contributed by atoms with E-state index in [9.17, 15) is 0 Å². The van der Waals surface area contributed by atoms with Gasteiger partial charge in [0.2, 0.25) is 0 Å². The van der Waals surface area contributed by atoms with Crippen molar-refractivity contribution in [3.63, 3.8) is 0 Å². The Hall–Kier alpha value is -2.24. The molecule has 0 spiro atoms. The maximum absolute atomic E-state index is 5.45. The molecule has 0 N–H and O–H groups in total. The van der Waals surface area contributed by atoms with Gasteiger partial charge in [-0.1, -0.05) is 13.8 Å². The Morgan fingerprint density at radius 3 is 2.19 bits per heavy atom. The first-order valence-corrected chi connectivity index (χ1v) is 6.78. The van der Waals surface area contributed by atoms with Gasteiger partial charge in [0.1, 0.15) is 12.1 Å². The van der Waals surface area contributed by atoms with Gasteiger partial charge < -0.3 is 18.8 Å². The molecule has 0 radical (unpaired) electrons. The molecular formula is C15H21N3O3. The van der Waals surface area contributed by atoms with E-state index in [1.807, 2.05) is 10.6 Å². The Kier molecular flexibility index (Phi) is 4.67. The SMILES string of the molecule is COc1cc(OC)c(-c2nncn2CC(C)C)cc1OC. The Labute approximate surface area is 124 Å². The lowest BCUT2D eigenvalue weighted by molar-refractivity contribution is 0.349. The number of nitrogens with zero attached hydrogens (tertiary/aromatic N) is 3. The number of ether oxygens (including phenoxy) is 3. The van der Waals surface area contributed by atoms with Crippen molar-refractivity contribution in [1.29, 1.82) is 0 Å². The Morgan fingerprint density at radius 2 is 1.62 bits per heavy atom. The van der Waals surface area contributed by atoms with Gasteiger partial charge in [0.15, 0.2) is 17.3 Å². The number of hydrogen-bond donors (Lipinski definition) is 0. The maximum Gasteiger partial charge on any atom is 0.167 e. The Morgan fingerprint density at radius 1 is 1.00 bits per heavy atom. The van der Waals surface area contributed by atoms with Gasteiger partial charge in [0, 0.05) is 12.6 Å². The number of rotatable bonds is 6.